The summed E-state index contributed by atoms with van der Waals surface area (Å²) in [4.78, 5) is 39.1. The monoisotopic (exact) mass is 347 g/mol. The minimum Gasteiger partial charge on any atom is -0.497 e. The van der Waals surface area contributed by atoms with Crippen LogP contribution in [0.2, 0.25) is 0 Å². The van der Waals surface area contributed by atoms with Crippen molar-refractivity contribution in [3.05, 3.63) is 29.8 Å². The number of rotatable bonds is 4. The molecule has 0 unspecified atom stereocenters. The first kappa shape index (κ1) is 17.4. The van der Waals surface area contributed by atoms with Gasteiger partial charge in [-0.1, -0.05) is 0 Å². The largest absolute Gasteiger partial charge is 0.497 e. The molecule has 0 radical (unpaired) electrons. The highest BCUT2D eigenvalue weighted by Crippen LogP contribution is 2.44. The third-order valence-corrected chi connectivity index (χ3v) is 5.35. The molecule has 2 aliphatic heterocycles. The molecule has 0 bridgehead atoms. The highest BCUT2D eigenvalue weighted by atomic mass is 16.5. The molecule has 2 saturated heterocycles. The van der Waals surface area contributed by atoms with E-state index in [1.54, 1.807) is 21.0 Å². The molecule has 0 saturated carbocycles. The molecule has 1 aromatic rings. The second-order valence-electron chi connectivity index (χ2n) is 6.71. The van der Waals surface area contributed by atoms with Crippen molar-refractivity contribution in [2.45, 2.75) is 25.4 Å². The van der Waals surface area contributed by atoms with Crippen molar-refractivity contribution >= 4 is 17.8 Å². The maximum absolute atomic E-state index is 12.7. The van der Waals surface area contributed by atoms with Gasteiger partial charge in [0.05, 0.1) is 13.7 Å². The third kappa shape index (κ3) is 2.50. The van der Waals surface area contributed by atoms with E-state index in [2.05, 4.69) is 0 Å². The number of quaternary nitrogens is 1. The molecule has 2 heterocycles. The highest BCUT2D eigenvalue weighted by Gasteiger charge is 2.70. The Hall–Kier alpha value is -2.41. The minimum atomic E-state index is -1.12. The molecule has 1 aromatic carbocycles. The van der Waals surface area contributed by atoms with Crippen molar-refractivity contribution in [2.75, 3.05) is 20.8 Å². The number of nitrogens with zero attached hydrogens (tertiary/aromatic N) is 1. The number of nitrogens with two attached hydrogens (primary N) is 1. The summed E-state index contributed by atoms with van der Waals surface area (Å²) in [5.41, 5.74) is -0.247. The molecular weight excluding hydrogens is 324 g/mol. The standard InChI is InChI=1S/C18H22N2O5/c1-5-25-17(23)18(2)13-12(15(21)20(3)16(13)22)14(19-18)10-6-8-11(24-4)9-7-10/h6-9,12-14,19H,5H2,1-4H3/p+1/t12-,13-,14-,18-/m0/s1. The van der Waals surface area contributed by atoms with Crippen molar-refractivity contribution < 1.29 is 29.2 Å². The summed E-state index contributed by atoms with van der Waals surface area (Å²) < 4.78 is 10.4. The number of benzene rings is 1. The van der Waals surface area contributed by atoms with Crippen molar-refractivity contribution in [1.29, 1.82) is 0 Å². The average Bonchev–Trinajstić information content (AvgIpc) is 3.05. The van der Waals surface area contributed by atoms with Crippen LogP contribution in [-0.2, 0) is 19.1 Å². The van der Waals surface area contributed by atoms with Crippen molar-refractivity contribution in [2.24, 2.45) is 11.8 Å². The van der Waals surface area contributed by atoms with E-state index in [0.717, 1.165) is 10.5 Å². The average molecular weight is 347 g/mol. The van der Waals surface area contributed by atoms with Gasteiger partial charge in [0.1, 0.15) is 23.6 Å². The summed E-state index contributed by atoms with van der Waals surface area (Å²) in [6.45, 7) is 3.64. The number of hydrogen-bond donors (Lipinski definition) is 1. The van der Waals surface area contributed by atoms with Crippen LogP contribution in [0, 0.1) is 11.8 Å². The zero-order valence-electron chi connectivity index (χ0n) is 14.8. The highest BCUT2D eigenvalue weighted by molar-refractivity contribution is 6.08. The van der Waals surface area contributed by atoms with E-state index in [1.807, 2.05) is 29.6 Å². The Morgan fingerprint density at radius 1 is 1.24 bits per heavy atom. The summed E-state index contributed by atoms with van der Waals surface area (Å²) in [6, 6.07) is 7.02. The first-order valence-corrected chi connectivity index (χ1v) is 8.33. The maximum atomic E-state index is 12.7. The van der Waals surface area contributed by atoms with E-state index >= 15 is 0 Å². The van der Waals surface area contributed by atoms with E-state index in [1.165, 1.54) is 7.05 Å². The summed E-state index contributed by atoms with van der Waals surface area (Å²) in [6.07, 6.45) is 0. The Bertz CT molecular complexity index is 717. The number of carbonyl (C=O) groups excluding carboxylic acids is 3. The van der Waals surface area contributed by atoms with Crippen LogP contribution in [0.1, 0.15) is 25.5 Å². The molecule has 2 amide bonds. The van der Waals surface area contributed by atoms with E-state index in [-0.39, 0.29) is 24.5 Å². The van der Waals surface area contributed by atoms with Gasteiger partial charge in [-0.3, -0.25) is 14.5 Å². The summed E-state index contributed by atoms with van der Waals surface area (Å²) in [5, 5.41) is 1.81. The molecule has 25 heavy (non-hydrogen) atoms. The van der Waals surface area contributed by atoms with Gasteiger partial charge in [-0.2, -0.15) is 0 Å². The van der Waals surface area contributed by atoms with Crippen LogP contribution in [0.4, 0.5) is 0 Å². The zero-order chi connectivity index (χ0) is 18.4. The quantitative estimate of drug-likeness (QED) is 0.605. The molecule has 7 nitrogen and oxygen atoms in total. The van der Waals surface area contributed by atoms with Gasteiger partial charge in [-0.25, -0.2) is 4.79 Å². The van der Waals surface area contributed by atoms with Crippen LogP contribution >= 0.6 is 0 Å². The van der Waals surface area contributed by atoms with Gasteiger partial charge in [-0.15, -0.1) is 0 Å². The number of hydrogen-bond acceptors (Lipinski definition) is 5. The van der Waals surface area contributed by atoms with Gasteiger partial charge in [0.2, 0.25) is 17.4 Å². The summed E-state index contributed by atoms with van der Waals surface area (Å²) in [7, 11) is 3.05. The number of esters is 1. The second kappa shape index (κ2) is 6.15. The van der Waals surface area contributed by atoms with Gasteiger partial charge < -0.3 is 14.8 Å². The van der Waals surface area contributed by atoms with Gasteiger partial charge in [0.15, 0.2) is 0 Å². The Kier molecular flexibility index (Phi) is 4.28. The Labute approximate surface area is 146 Å². The lowest BCUT2D eigenvalue weighted by Gasteiger charge is -2.25. The van der Waals surface area contributed by atoms with Gasteiger partial charge >= 0.3 is 5.97 Å². The van der Waals surface area contributed by atoms with Crippen LogP contribution in [0.15, 0.2) is 24.3 Å². The number of likely N-dealkylation sites (tertiary alicyclic amines) is 1. The fourth-order valence-electron chi connectivity index (χ4n) is 4.02. The maximum Gasteiger partial charge on any atom is 0.368 e. The molecule has 0 aromatic heterocycles. The summed E-state index contributed by atoms with van der Waals surface area (Å²) >= 11 is 0. The van der Waals surface area contributed by atoms with Gasteiger partial charge in [0, 0.05) is 19.5 Å². The SMILES string of the molecule is CCOC(=O)[C@@]1(C)[NH2+][C@@H](c2ccc(OC)cc2)[C@H]2C(=O)N(C)C(=O)[C@H]21. The normalized spacial score (nSPS) is 31.2. The van der Waals surface area contributed by atoms with E-state index in [4.69, 9.17) is 9.47 Å². The first-order chi connectivity index (χ1) is 11.8. The van der Waals surface area contributed by atoms with Crippen LogP contribution in [0.5, 0.6) is 5.75 Å². The zero-order valence-corrected chi connectivity index (χ0v) is 14.8. The summed E-state index contributed by atoms with van der Waals surface area (Å²) in [5.74, 6) is -1.63. The molecule has 2 fully saturated rings. The molecule has 0 spiro atoms. The third-order valence-electron chi connectivity index (χ3n) is 5.35. The Morgan fingerprint density at radius 2 is 1.88 bits per heavy atom. The lowest BCUT2D eigenvalue weighted by molar-refractivity contribution is -0.731. The van der Waals surface area contributed by atoms with E-state index in [0.29, 0.717) is 5.75 Å². The Morgan fingerprint density at radius 3 is 2.44 bits per heavy atom. The molecule has 0 aliphatic carbocycles. The van der Waals surface area contributed by atoms with Crippen LogP contribution in [0.25, 0.3) is 0 Å². The molecule has 2 aliphatic rings. The number of ether oxygens (including phenoxy) is 2. The van der Waals surface area contributed by atoms with Crippen molar-refractivity contribution in [3.63, 3.8) is 0 Å². The topological polar surface area (TPSA) is 89.5 Å². The van der Waals surface area contributed by atoms with Crippen LogP contribution in [-0.4, -0.2) is 49.0 Å². The molecule has 2 N–H and O–H groups in total. The van der Waals surface area contributed by atoms with Crippen LogP contribution < -0.4 is 10.1 Å². The van der Waals surface area contributed by atoms with Crippen molar-refractivity contribution in [1.82, 2.24) is 4.90 Å². The number of carbonyl (C=O) groups is 3. The molecular formula is C18H23N2O5+. The van der Waals surface area contributed by atoms with E-state index < -0.39 is 23.3 Å². The smallest absolute Gasteiger partial charge is 0.368 e. The van der Waals surface area contributed by atoms with Gasteiger partial charge in [0.25, 0.3) is 0 Å². The fraction of sp³-hybridized carbons (Fsp3) is 0.500. The lowest BCUT2D eigenvalue weighted by atomic mass is 9.80. The molecule has 7 heteroatoms. The number of fused-ring (bicyclic) bond motifs is 1. The fourth-order valence-corrected chi connectivity index (χ4v) is 4.02. The Balaban J connectivity index is 2.03. The number of imide groups is 1. The predicted molar refractivity (Wildman–Crippen MR) is 87.5 cm³/mol. The number of amides is 2. The van der Waals surface area contributed by atoms with Crippen molar-refractivity contribution in [3.8, 4) is 5.75 Å². The number of methoxy groups -OCH3 is 1. The predicted octanol–water partition coefficient (Wildman–Crippen LogP) is -0.134. The first-order valence-electron chi connectivity index (χ1n) is 8.33. The molecule has 4 atom stereocenters. The minimum absolute atomic E-state index is 0.227. The van der Waals surface area contributed by atoms with E-state index in [9.17, 15) is 14.4 Å². The second-order valence-corrected chi connectivity index (χ2v) is 6.71. The lowest BCUT2D eigenvalue weighted by Crippen LogP contribution is -2.97. The molecule has 134 valence electrons. The van der Waals surface area contributed by atoms with Crippen LogP contribution in [0.3, 0.4) is 0 Å². The van der Waals surface area contributed by atoms with Gasteiger partial charge in [-0.05, 0) is 31.2 Å². The molecule has 3 rings (SSSR count).